The Hall–Kier alpha value is -2.92. The predicted octanol–water partition coefficient (Wildman–Crippen LogP) is 4.87. The first-order valence-electron chi connectivity index (χ1n) is 7.15. The number of para-hydroxylation sites is 1. The summed E-state index contributed by atoms with van der Waals surface area (Å²) < 4.78 is 13.7. The van der Waals surface area contributed by atoms with Gasteiger partial charge in [0.2, 0.25) is 0 Å². The maximum Gasteiger partial charge on any atom is 0.257 e. The van der Waals surface area contributed by atoms with E-state index in [1.165, 1.54) is 18.5 Å². The van der Waals surface area contributed by atoms with Crippen LogP contribution in [0.2, 0.25) is 5.02 Å². The molecule has 0 atom stereocenters. The van der Waals surface area contributed by atoms with Gasteiger partial charge >= 0.3 is 0 Å². The number of carbonyl (C=O) groups is 1. The van der Waals surface area contributed by atoms with Crippen molar-refractivity contribution in [2.45, 2.75) is 0 Å². The third-order valence-corrected chi connectivity index (χ3v) is 3.47. The number of aromatic nitrogens is 1. The van der Waals surface area contributed by atoms with E-state index in [-0.39, 0.29) is 11.7 Å². The average molecular weight is 342 g/mol. The van der Waals surface area contributed by atoms with Crippen LogP contribution in [-0.4, -0.2) is 10.9 Å². The molecule has 0 unspecified atom stereocenters. The van der Waals surface area contributed by atoms with Crippen molar-refractivity contribution in [3.63, 3.8) is 0 Å². The molecule has 0 radical (unpaired) electrons. The lowest BCUT2D eigenvalue weighted by Crippen LogP contribution is -2.12. The molecule has 0 spiro atoms. The Kier molecular flexibility index (Phi) is 4.72. The molecule has 6 heteroatoms. The third kappa shape index (κ3) is 3.88. The fourth-order valence-corrected chi connectivity index (χ4v) is 2.31. The van der Waals surface area contributed by atoms with Crippen LogP contribution in [0.4, 0.5) is 21.5 Å². The largest absolute Gasteiger partial charge is 0.352 e. The smallest absolute Gasteiger partial charge is 0.257 e. The minimum Gasteiger partial charge on any atom is -0.352 e. The summed E-state index contributed by atoms with van der Waals surface area (Å²) in [7, 11) is 0. The monoisotopic (exact) mass is 341 g/mol. The van der Waals surface area contributed by atoms with Crippen LogP contribution in [0, 0.1) is 5.82 Å². The summed E-state index contributed by atoms with van der Waals surface area (Å²) in [6, 6.07) is 14.7. The van der Waals surface area contributed by atoms with Crippen molar-refractivity contribution in [1.29, 1.82) is 0 Å². The molecule has 0 fully saturated rings. The number of nitrogens with zero attached hydrogens (tertiary/aromatic N) is 1. The van der Waals surface area contributed by atoms with E-state index in [1.54, 1.807) is 48.5 Å². The number of amides is 1. The van der Waals surface area contributed by atoms with E-state index in [0.717, 1.165) is 0 Å². The van der Waals surface area contributed by atoms with Crippen LogP contribution in [-0.2, 0) is 0 Å². The highest BCUT2D eigenvalue weighted by Gasteiger charge is 2.09. The van der Waals surface area contributed by atoms with Gasteiger partial charge in [-0.2, -0.15) is 0 Å². The first kappa shape index (κ1) is 16.0. The second kappa shape index (κ2) is 7.10. The highest BCUT2D eigenvalue weighted by atomic mass is 35.5. The Labute approximate surface area is 143 Å². The molecule has 24 heavy (non-hydrogen) atoms. The highest BCUT2D eigenvalue weighted by molar-refractivity contribution is 6.30. The molecule has 0 bridgehead atoms. The fourth-order valence-electron chi connectivity index (χ4n) is 2.12. The summed E-state index contributed by atoms with van der Waals surface area (Å²) in [4.78, 5) is 16.3. The molecule has 120 valence electrons. The summed E-state index contributed by atoms with van der Waals surface area (Å²) in [5.41, 5.74) is 1.75. The molecule has 1 amide bonds. The van der Waals surface area contributed by atoms with E-state index < -0.39 is 0 Å². The minimum absolute atomic E-state index is 0.312. The molecule has 2 aromatic carbocycles. The zero-order valence-electron chi connectivity index (χ0n) is 12.5. The summed E-state index contributed by atoms with van der Waals surface area (Å²) in [5, 5.41) is 6.17. The molecule has 1 aromatic heterocycles. The van der Waals surface area contributed by atoms with Crippen LogP contribution in [0.25, 0.3) is 0 Å². The molecule has 3 rings (SSSR count). The number of halogens is 2. The molecule has 0 aliphatic heterocycles. The lowest BCUT2D eigenvalue weighted by molar-refractivity contribution is 0.102. The van der Waals surface area contributed by atoms with Gasteiger partial charge < -0.3 is 10.6 Å². The predicted molar refractivity (Wildman–Crippen MR) is 93.3 cm³/mol. The molecule has 1 heterocycles. The van der Waals surface area contributed by atoms with Gasteiger partial charge in [0.05, 0.1) is 23.1 Å². The normalized spacial score (nSPS) is 10.2. The molecular formula is C18H13ClFN3O. The van der Waals surface area contributed by atoms with E-state index in [1.807, 2.05) is 0 Å². The third-order valence-electron chi connectivity index (χ3n) is 3.24. The van der Waals surface area contributed by atoms with Gasteiger partial charge in [0, 0.05) is 16.9 Å². The number of carbonyl (C=O) groups excluding carboxylic acids is 1. The lowest BCUT2D eigenvalue weighted by Gasteiger charge is -2.09. The van der Waals surface area contributed by atoms with Gasteiger partial charge in [0.15, 0.2) is 0 Å². The van der Waals surface area contributed by atoms with Crippen LogP contribution >= 0.6 is 11.6 Å². The highest BCUT2D eigenvalue weighted by Crippen LogP contribution is 2.20. The number of anilines is 3. The Bertz CT molecular complexity index is 885. The van der Waals surface area contributed by atoms with E-state index in [4.69, 9.17) is 11.6 Å². The second-order valence-corrected chi connectivity index (χ2v) is 5.47. The van der Waals surface area contributed by atoms with E-state index in [9.17, 15) is 9.18 Å². The maximum atomic E-state index is 13.7. The number of hydrogen-bond acceptors (Lipinski definition) is 3. The molecule has 2 N–H and O–H groups in total. The van der Waals surface area contributed by atoms with Crippen LogP contribution < -0.4 is 10.6 Å². The molecule has 0 aliphatic rings. The summed E-state index contributed by atoms with van der Waals surface area (Å²) in [5.74, 6) is -0.715. The Balaban J connectivity index is 1.77. The quantitative estimate of drug-likeness (QED) is 0.711. The lowest BCUT2D eigenvalue weighted by atomic mass is 10.2. The summed E-state index contributed by atoms with van der Waals surface area (Å²) in [6.07, 6.45) is 2.95. The van der Waals surface area contributed by atoms with Crippen molar-refractivity contribution in [3.8, 4) is 0 Å². The van der Waals surface area contributed by atoms with E-state index in [2.05, 4.69) is 15.6 Å². The van der Waals surface area contributed by atoms with Gasteiger partial charge in [-0.25, -0.2) is 4.39 Å². The number of hydrogen-bond donors (Lipinski definition) is 2. The zero-order valence-corrected chi connectivity index (χ0v) is 13.2. The van der Waals surface area contributed by atoms with Gasteiger partial charge in [0.1, 0.15) is 5.82 Å². The van der Waals surface area contributed by atoms with Crippen molar-refractivity contribution in [1.82, 2.24) is 4.98 Å². The van der Waals surface area contributed by atoms with Crippen LogP contribution in [0.5, 0.6) is 0 Å². The molecular weight excluding hydrogens is 329 g/mol. The fraction of sp³-hybridized carbons (Fsp3) is 0. The molecule has 0 saturated heterocycles. The first-order chi connectivity index (χ1) is 11.6. The Morgan fingerprint density at radius 2 is 1.83 bits per heavy atom. The summed E-state index contributed by atoms with van der Waals surface area (Å²) >= 11 is 5.90. The van der Waals surface area contributed by atoms with Crippen LogP contribution in [0.1, 0.15) is 10.4 Å². The summed E-state index contributed by atoms with van der Waals surface area (Å²) in [6.45, 7) is 0. The number of rotatable bonds is 4. The molecule has 0 aliphatic carbocycles. The molecule has 4 nitrogen and oxygen atoms in total. The average Bonchev–Trinajstić information content (AvgIpc) is 2.57. The van der Waals surface area contributed by atoms with Crippen molar-refractivity contribution < 1.29 is 9.18 Å². The van der Waals surface area contributed by atoms with Gasteiger partial charge in [-0.3, -0.25) is 9.78 Å². The van der Waals surface area contributed by atoms with Gasteiger partial charge in [-0.15, -0.1) is 0 Å². The molecule has 3 aromatic rings. The van der Waals surface area contributed by atoms with Crippen molar-refractivity contribution in [2.75, 3.05) is 10.6 Å². The topological polar surface area (TPSA) is 54.0 Å². The Morgan fingerprint density at radius 1 is 1.00 bits per heavy atom. The molecule has 0 saturated carbocycles. The van der Waals surface area contributed by atoms with Crippen molar-refractivity contribution in [2.24, 2.45) is 0 Å². The zero-order chi connectivity index (χ0) is 16.9. The second-order valence-electron chi connectivity index (χ2n) is 5.03. The maximum absolute atomic E-state index is 13.7. The Morgan fingerprint density at radius 3 is 2.62 bits per heavy atom. The SMILES string of the molecule is O=C(Nc1cccc(Cl)c1)c1cncc(Nc2ccccc2F)c1. The van der Waals surface area contributed by atoms with Crippen molar-refractivity contribution >= 4 is 34.6 Å². The van der Waals surface area contributed by atoms with Gasteiger partial charge in [-0.1, -0.05) is 29.8 Å². The number of pyridine rings is 1. The van der Waals surface area contributed by atoms with Crippen molar-refractivity contribution in [3.05, 3.63) is 83.4 Å². The van der Waals surface area contributed by atoms with Crippen LogP contribution in [0.3, 0.4) is 0 Å². The van der Waals surface area contributed by atoms with Gasteiger partial charge in [0.25, 0.3) is 5.91 Å². The van der Waals surface area contributed by atoms with Gasteiger partial charge in [-0.05, 0) is 36.4 Å². The van der Waals surface area contributed by atoms with E-state index >= 15 is 0 Å². The number of nitrogens with one attached hydrogen (secondary N) is 2. The number of benzene rings is 2. The van der Waals surface area contributed by atoms with Crippen LogP contribution in [0.15, 0.2) is 67.0 Å². The van der Waals surface area contributed by atoms with E-state index in [0.29, 0.717) is 27.6 Å². The minimum atomic E-state index is -0.383. The standard InChI is InChI=1S/C18H13ClFN3O/c19-13-4-3-5-14(9-13)23-18(24)12-8-15(11-21-10-12)22-17-7-2-1-6-16(17)20/h1-11,22H,(H,23,24). The first-order valence-corrected chi connectivity index (χ1v) is 7.53.